The predicted octanol–water partition coefficient (Wildman–Crippen LogP) is 1.40. The maximum Gasteiger partial charge on any atom is 0.119 e. The summed E-state index contributed by atoms with van der Waals surface area (Å²) in [4.78, 5) is 2.25. The molecule has 1 aliphatic rings. The van der Waals surface area contributed by atoms with Crippen LogP contribution in [0.25, 0.3) is 0 Å². The molecule has 0 aromatic heterocycles. The van der Waals surface area contributed by atoms with Gasteiger partial charge >= 0.3 is 0 Å². The summed E-state index contributed by atoms with van der Waals surface area (Å²) in [7, 11) is 5.94. The van der Waals surface area contributed by atoms with Crippen LogP contribution >= 0.6 is 0 Å². The van der Waals surface area contributed by atoms with E-state index in [0.717, 1.165) is 18.8 Å². The quantitative estimate of drug-likeness (QED) is 0.791. The Morgan fingerprint density at radius 2 is 2.20 bits per heavy atom. The fraction of sp³-hybridized carbons (Fsp3) is 0.500. The molecule has 0 bridgehead atoms. The predicted molar refractivity (Wildman–Crippen MR) is 61.1 cm³/mol. The van der Waals surface area contributed by atoms with Gasteiger partial charge in [0, 0.05) is 19.1 Å². The average molecular weight is 206 g/mol. The number of ether oxygens (including phenoxy) is 1. The molecule has 1 heterocycles. The molecular formula is C12H18N2O. The van der Waals surface area contributed by atoms with Crippen molar-refractivity contribution in [2.24, 2.45) is 0 Å². The van der Waals surface area contributed by atoms with Gasteiger partial charge < -0.3 is 15.0 Å². The molecule has 0 amide bonds. The Labute approximate surface area is 91.0 Å². The number of methoxy groups -OCH3 is 1. The Kier molecular flexibility index (Phi) is 2.93. The first-order valence-electron chi connectivity index (χ1n) is 5.26. The van der Waals surface area contributed by atoms with E-state index in [9.17, 15) is 0 Å². The highest BCUT2D eigenvalue weighted by Crippen LogP contribution is 2.28. The zero-order valence-corrected chi connectivity index (χ0v) is 9.58. The molecule has 2 rings (SSSR count). The van der Waals surface area contributed by atoms with Crippen LogP contribution in [-0.4, -0.2) is 32.6 Å². The lowest BCUT2D eigenvalue weighted by Crippen LogP contribution is -2.35. The number of nitrogens with one attached hydrogen (secondary N) is 1. The molecule has 1 aromatic rings. The number of likely N-dealkylation sites (N-methyl/N-ethyl adjacent to an activating group) is 1. The smallest absolute Gasteiger partial charge is 0.119 e. The standard InChI is InChI=1S/C12H18N2O/c1-14(2)12-8-13-7-9-6-10(15-3)4-5-11(9)12/h4-6,12-13H,7-8H2,1-3H3/t12-/m0/s1. The highest BCUT2D eigenvalue weighted by atomic mass is 16.5. The summed E-state index contributed by atoms with van der Waals surface area (Å²) < 4.78 is 5.23. The summed E-state index contributed by atoms with van der Waals surface area (Å²) in [5, 5.41) is 3.43. The topological polar surface area (TPSA) is 24.5 Å². The average Bonchev–Trinajstić information content (AvgIpc) is 2.27. The highest BCUT2D eigenvalue weighted by molar-refractivity contribution is 5.39. The Balaban J connectivity index is 2.36. The monoisotopic (exact) mass is 206 g/mol. The van der Waals surface area contributed by atoms with Crippen LogP contribution in [-0.2, 0) is 6.54 Å². The summed E-state index contributed by atoms with van der Waals surface area (Å²) in [5.74, 6) is 0.940. The van der Waals surface area contributed by atoms with Crippen LogP contribution in [0.3, 0.4) is 0 Å². The third-order valence-corrected chi connectivity index (χ3v) is 2.99. The van der Waals surface area contributed by atoms with Gasteiger partial charge in [-0.2, -0.15) is 0 Å². The Hall–Kier alpha value is -1.06. The molecule has 0 saturated heterocycles. The van der Waals surface area contributed by atoms with Gasteiger partial charge in [-0.15, -0.1) is 0 Å². The molecule has 0 aliphatic carbocycles. The molecule has 1 atom stereocenters. The summed E-state index contributed by atoms with van der Waals surface area (Å²) in [6.07, 6.45) is 0. The number of benzene rings is 1. The molecule has 3 heteroatoms. The SMILES string of the molecule is COc1ccc2c(c1)CNC[C@@H]2N(C)C. The molecule has 1 aliphatic heterocycles. The van der Waals surface area contributed by atoms with Crippen molar-refractivity contribution in [1.82, 2.24) is 10.2 Å². The van der Waals surface area contributed by atoms with Gasteiger partial charge in [0.05, 0.1) is 7.11 Å². The van der Waals surface area contributed by atoms with E-state index < -0.39 is 0 Å². The number of fused-ring (bicyclic) bond motifs is 1. The van der Waals surface area contributed by atoms with Gasteiger partial charge in [0.2, 0.25) is 0 Å². The number of rotatable bonds is 2. The summed E-state index contributed by atoms with van der Waals surface area (Å²) in [5.41, 5.74) is 2.76. The van der Waals surface area contributed by atoms with Gasteiger partial charge in [-0.1, -0.05) is 6.07 Å². The molecule has 0 spiro atoms. The molecule has 82 valence electrons. The van der Waals surface area contributed by atoms with Crippen molar-refractivity contribution >= 4 is 0 Å². The third-order valence-electron chi connectivity index (χ3n) is 2.99. The van der Waals surface area contributed by atoms with Crippen LogP contribution in [0, 0.1) is 0 Å². The zero-order valence-electron chi connectivity index (χ0n) is 9.58. The second kappa shape index (κ2) is 4.21. The molecule has 3 nitrogen and oxygen atoms in total. The number of nitrogens with zero attached hydrogens (tertiary/aromatic N) is 1. The molecule has 0 saturated carbocycles. The molecule has 0 radical (unpaired) electrons. The van der Waals surface area contributed by atoms with Crippen molar-refractivity contribution in [1.29, 1.82) is 0 Å². The molecule has 1 aromatic carbocycles. The maximum atomic E-state index is 5.23. The molecule has 0 fully saturated rings. The molecule has 1 N–H and O–H groups in total. The van der Waals surface area contributed by atoms with Crippen molar-refractivity contribution in [2.75, 3.05) is 27.7 Å². The minimum atomic E-state index is 0.472. The van der Waals surface area contributed by atoms with Crippen LogP contribution in [0.4, 0.5) is 0 Å². The Morgan fingerprint density at radius 3 is 2.87 bits per heavy atom. The Bertz CT molecular complexity index is 349. The minimum absolute atomic E-state index is 0.472. The van der Waals surface area contributed by atoms with Crippen molar-refractivity contribution in [3.8, 4) is 5.75 Å². The molecule has 0 unspecified atom stereocenters. The van der Waals surface area contributed by atoms with Gasteiger partial charge in [0.1, 0.15) is 5.75 Å². The van der Waals surface area contributed by atoms with E-state index in [4.69, 9.17) is 4.74 Å². The maximum absolute atomic E-state index is 5.23. The highest BCUT2D eigenvalue weighted by Gasteiger charge is 2.21. The van der Waals surface area contributed by atoms with E-state index in [1.807, 2.05) is 6.07 Å². The van der Waals surface area contributed by atoms with Crippen LogP contribution in [0.1, 0.15) is 17.2 Å². The van der Waals surface area contributed by atoms with Gasteiger partial charge in [0.15, 0.2) is 0 Å². The van der Waals surface area contributed by atoms with E-state index in [1.165, 1.54) is 11.1 Å². The van der Waals surface area contributed by atoms with Gasteiger partial charge in [-0.05, 0) is 37.4 Å². The molecule has 15 heavy (non-hydrogen) atoms. The largest absolute Gasteiger partial charge is 0.497 e. The first-order valence-corrected chi connectivity index (χ1v) is 5.26. The van der Waals surface area contributed by atoms with Crippen LogP contribution < -0.4 is 10.1 Å². The molecular weight excluding hydrogens is 188 g/mol. The van der Waals surface area contributed by atoms with Crippen molar-refractivity contribution in [3.63, 3.8) is 0 Å². The fourth-order valence-corrected chi connectivity index (χ4v) is 2.10. The van der Waals surface area contributed by atoms with Gasteiger partial charge in [0.25, 0.3) is 0 Å². The lowest BCUT2D eigenvalue weighted by molar-refractivity contribution is 0.275. The summed E-state index contributed by atoms with van der Waals surface area (Å²) >= 11 is 0. The first-order chi connectivity index (χ1) is 7.22. The third kappa shape index (κ3) is 1.98. The van der Waals surface area contributed by atoms with E-state index in [-0.39, 0.29) is 0 Å². The summed E-state index contributed by atoms with van der Waals surface area (Å²) in [6, 6.07) is 6.82. The zero-order chi connectivity index (χ0) is 10.8. The van der Waals surface area contributed by atoms with Gasteiger partial charge in [-0.25, -0.2) is 0 Å². The second-order valence-electron chi connectivity index (χ2n) is 4.18. The van der Waals surface area contributed by atoms with Crippen molar-refractivity contribution in [3.05, 3.63) is 29.3 Å². The lowest BCUT2D eigenvalue weighted by atomic mass is 9.96. The fourth-order valence-electron chi connectivity index (χ4n) is 2.10. The van der Waals surface area contributed by atoms with Crippen molar-refractivity contribution < 1.29 is 4.74 Å². The second-order valence-corrected chi connectivity index (χ2v) is 4.18. The first kappa shape index (κ1) is 10.5. The van der Waals surface area contributed by atoms with E-state index in [1.54, 1.807) is 7.11 Å². The van der Waals surface area contributed by atoms with E-state index >= 15 is 0 Å². The normalized spacial score (nSPS) is 20.1. The Morgan fingerprint density at radius 1 is 1.40 bits per heavy atom. The van der Waals surface area contributed by atoms with Crippen molar-refractivity contribution in [2.45, 2.75) is 12.6 Å². The van der Waals surface area contributed by atoms with E-state index in [2.05, 4.69) is 36.4 Å². The summed E-state index contributed by atoms with van der Waals surface area (Å²) in [6.45, 7) is 1.96. The van der Waals surface area contributed by atoms with Gasteiger partial charge in [-0.3, -0.25) is 0 Å². The number of hydrogen-bond acceptors (Lipinski definition) is 3. The van der Waals surface area contributed by atoms with E-state index in [0.29, 0.717) is 6.04 Å². The van der Waals surface area contributed by atoms with Crippen LogP contribution in [0.5, 0.6) is 5.75 Å². The minimum Gasteiger partial charge on any atom is -0.497 e. The van der Waals surface area contributed by atoms with Crippen LogP contribution in [0.2, 0.25) is 0 Å². The number of hydrogen-bond donors (Lipinski definition) is 1. The lowest BCUT2D eigenvalue weighted by Gasteiger charge is -2.31. The van der Waals surface area contributed by atoms with Crippen LogP contribution in [0.15, 0.2) is 18.2 Å².